The van der Waals surface area contributed by atoms with Gasteiger partial charge in [-0.2, -0.15) is 17.7 Å². The summed E-state index contributed by atoms with van der Waals surface area (Å²) in [6, 6.07) is 5.23. The smallest absolute Gasteiger partial charge is 0.245 e. The van der Waals surface area contributed by atoms with Gasteiger partial charge in [-0.25, -0.2) is 0 Å². The van der Waals surface area contributed by atoms with Crippen LogP contribution in [0.15, 0.2) is 24.3 Å². The van der Waals surface area contributed by atoms with Gasteiger partial charge in [0.15, 0.2) is 0 Å². The van der Waals surface area contributed by atoms with Crippen LogP contribution in [0.5, 0.6) is 0 Å². The molecule has 0 aliphatic rings. The molecule has 0 saturated carbocycles. The quantitative estimate of drug-likeness (QED) is 0.462. The minimum atomic E-state index is -0.519. The summed E-state index contributed by atoms with van der Waals surface area (Å²) in [5, 5.41) is 10.1. The van der Waals surface area contributed by atoms with Gasteiger partial charge in [0.25, 0.3) is 0 Å². The second kappa shape index (κ2) is 4.78. The number of nitro benzene ring substituents is 1. The summed E-state index contributed by atoms with van der Waals surface area (Å²) in [6.07, 6.45) is 1.62. The maximum absolute atomic E-state index is 10.1. The van der Waals surface area contributed by atoms with Crippen LogP contribution in [-0.4, -0.2) is 11.2 Å². The minimum Gasteiger partial charge on any atom is -0.376 e. The molecule has 0 atom stereocenters. The van der Waals surface area contributed by atoms with Gasteiger partial charge < -0.3 is 4.79 Å². The van der Waals surface area contributed by atoms with Gasteiger partial charge >= 0.3 is 0 Å². The molecule has 0 fully saturated rings. The molecule has 1 rings (SSSR count). The van der Waals surface area contributed by atoms with Gasteiger partial charge in [0.05, 0.1) is 11.2 Å². The van der Waals surface area contributed by atoms with Crippen molar-refractivity contribution in [1.29, 1.82) is 0 Å². The Morgan fingerprint density at radius 1 is 1.25 bits per heavy atom. The van der Waals surface area contributed by atoms with E-state index in [2.05, 4.69) is 0 Å². The first kappa shape index (κ1) is 11.0. The summed E-state index contributed by atoms with van der Waals surface area (Å²) < 4.78 is 0. The monoisotopic (exact) mass is 334 g/mol. The Morgan fingerprint density at radius 3 is 2.08 bits per heavy atom. The Hall–Kier alpha value is -1.02. The van der Waals surface area contributed by atoms with Crippen LogP contribution in [0.1, 0.15) is 5.56 Å². The summed E-state index contributed by atoms with van der Waals surface area (Å²) in [4.78, 5) is 19.6. The molecule has 0 unspecified atom stereocenters. The predicted molar refractivity (Wildman–Crippen MR) is 37.9 cm³/mol. The molecule has 0 radical (unpaired) electrons. The summed E-state index contributed by atoms with van der Waals surface area (Å²) in [6.45, 7) is 0. The first-order valence-electron chi connectivity index (χ1n) is 2.86. The van der Waals surface area contributed by atoms with Crippen molar-refractivity contribution in [1.82, 2.24) is 0 Å². The van der Waals surface area contributed by atoms with Crippen molar-refractivity contribution < 1.29 is 30.8 Å². The molecule has 0 spiro atoms. The number of nitrogens with zero attached hydrogens (tertiary/aromatic N) is 1. The Morgan fingerprint density at radius 2 is 1.75 bits per heavy atom. The molecule has 0 N–H and O–H groups in total. The van der Waals surface area contributed by atoms with Crippen LogP contribution in [0, 0.1) is 10.1 Å². The number of benzene rings is 1. The molecular formula is C7H4NO3W-. The van der Waals surface area contributed by atoms with Crippen LogP contribution in [0.25, 0.3) is 0 Å². The zero-order chi connectivity index (χ0) is 8.27. The number of hydrogen-bond donors (Lipinski definition) is 0. The fourth-order valence-corrected chi connectivity index (χ4v) is 0.651. The van der Waals surface area contributed by atoms with Crippen LogP contribution in [0.3, 0.4) is 0 Å². The number of carbonyl (C=O) groups excluding carboxylic acids is 1. The van der Waals surface area contributed by atoms with Gasteiger partial charge in [-0.3, -0.25) is 10.1 Å². The maximum atomic E-state index is 10.1. The molecule has 1 aromatic carbocycles. The van der Waals surface area contributed by atoms with Crippen molar-refractivity contribution >= 4 is 12.0 Å². The Labute approximate surface area is 83.0 Å². The maximum Gasteiger partial charge on any atom is 0.245 e. The first-order valence-corrected chi connectivity index (χ1v) is 2.86. The van der Waals surface area contributed by atoms with Crippen LogP contribution in [0.4, 0.5) is 5.69 Å². The van der Waals surface area contributed by atoms with Crippen molar-refractivity contribution in [2.75, 3.05) is 0 Å². The van der Waals surface area contributed by atoms with Crippen molar-refractivity contribution in [2.45, 2.75) is 0 Å². The largest absolute Gasteiger partial charge is 0.376 e. The molecule has 0 aliphatic heterocycles. The van der Waals surface area contributed by atoms with E-state index in [0.29, 0.717) is 5.56 Å². The minimum absolute atomic E-state index is 0. The van der Waals surface area contributed by atoms with Gasteiger partial charge in [0, 0.05) is 21.1 Å². The summed E-state index contributed by atoms with van der Waals surface area (Å²) in [5.41, 5.74) is 0.291. The Balaban J connectivity index is 0.00000121. The van der Waals surface area contributed by atoms with Gasteiger partial charge in [-0.15, -0.1) is 0 Å². The van der Waals surface area contributed by atoms with Crippen LogP contribution in [-0.2, 0) is 25.9 Å². The fraction of sp³-hybridized carbons (Fsp3) is 0. The van der Waals surface area contributed by atoms with Crippen LogP contribution in [0.2, 0.25) is 0 Å². The van der Waals surface area contributed by atoms with E-state index in [1.807, 2.05) is 0 Å². The molecule has 0 saturated heterocycles. The van der Waals surface area contributed by atoms with E-state index in [1.54, 1.807) is 6.29 Å². The van der Waals surface area contributed by atoms with Gasteiger partial charge in [-0.1, -0.05) is 0 Å². The normalized spacial score (nSPS) is 8.33. The molecule has 0 heterocycles. The third kappa shape index (κ3) is 2.55. The van der Waals surface area contributed by atoms with Crippen molar-refractivity contribution in [2.24, 2.45) is 0 Å². The summed E-state index contributed by atoms with van der Waals surface area (Å²) in [5.74, 6) is 0. The van der Waals surface area contributed by atoms with Gasteiger partial charge in [0.2, 0.25) is 5.69 Å². The number of nitro groups is 1. The third-order valence-corrected chi connectivity index (χ3v) is 1.20. The fourth-order valence-electron chi connectivity index (χ4n) is 0.651. The number of non-ortho nitro benzene ring substituents is 1. The molecule has 12 heavy (non-hydrogen) atoms. The average Bonchev–Trinajstić information content (AvgIpc) is 2.05. The molecule has 5 heteroatoms. The van der Waals surface area contributed by atoms with Crippen molar-refractivity contribution in [3.63, 3.8) is 0 Å². The Bertz CT molecular complexity index is 283. The van der Waals surface area contributed by atoms with E-state index in [1.165, 1.54) is 24.3 Å². The van der Waals surface area contributed by atoms with E-state index >= 15 is 0 Å². The molecular weight excluding hydrogens is 330 g/mol. The second-order valence-corrected chi connectivity index (χ2v) is 1.91. The van der Waals surface area contributed by atoms with Crippen LogP contribution >= 0.6 is 0 Å². The van der Waals surface area contributed by atoms with Crippen molar-refractivity contribution in [3.8, 4) is 0 Å². The third-order valence-electron chi connectivity index (χ3n) is 1.20. The number of hydrogen-bond acceptors (Lipinski definition) is 3. The average molecular weight is 334 g/mol. The van der Waals surface area contributed by atoms with Crippen LogP contribution < -0.4 is 0 Å². The molecule has 0 bridgehead atoms. The zero-order valence-corrected chi connectivity index (χ0v) is 8.82. The van der Waals surface area contributed by atoms with E-state index in [0.717, 1.165) is 0 Å². The topological polar surface area (TPSA) is 60.2 Å². The molecule has 4 nitrogen and oxygen atoms in total. The van der Waals surface area contributed by atoms with Gasteiger partial charge in [-0.05, 0) is 12.1 Å². The summed E-state index contributed by atoms with van der Waals surface area (Å²) in [7, 11) is 0. The standard InChI is InChI=1S/C7H4NO3.W/c9-5-6-1-3-7(4-2-6)8(10)11;/h1-4H;/q-1;. The second-order valence-electron chi connectivity index (χ2n) is 1.91. The SMILES string of the molecule is O=[C-]c1ccc([N+](=O)[O-])cc1.[W]. The molecule has 0 aromatic heterocycles. The van der Waals surface area contributed by atoms with E-state index in [-0.39, 0.29) is 26.8 Å². The zero-order valence-electron chi connectivity index (χ0n) is 5.89. The first-order chi connectivity index (χ1) is 5.24. The molecule has 0 amide bonds. The Kier molecular flexibility index (Phi) is 4.37. The predicted octanol–water partition coefficient (Wildman–Crippen LogP) is 1.05. The van der Waals surface area contributed by atoms with E-state index in [4.69, 9.17) is 0 Å². The van der Waals surface area contributed by atoms with Gasteiger partial charge in [0.1, 0.15) is 0 Å². The molecule has 1 aromatic rings. The van der Waals surface area contributed by atoms with E-state index < -0.39 is 4.92 Å². The molecule has 0 aliphatic carbocycles. The number of rotatable bonds is 2. The molecule has 62 valence electrons. The summed E-state index contributed by atoms with van der Waals surface area (Å²) >= 11 is 0. The van der Waals surface area contributed by atoms with E-state index in [9.17, 15) is 14.9 Å². The van der Waals surface area contributed by atoms with Crippen molar-refractivity contribution in [3.05, 3.63) is 39.9 Å².